The number of nitrogens with zero attached hydrogens (tertiary/aromatic N) is 2. The first kappa shape index (κ1) is 18.9. The summed E-state index contributed by atoms with van der Waals surface area (Å²) < 4.78 is 11.1. The van der Waals surface area contributed by atoms with Crippen LogP contribution in [0, 0.1) is 0 Å². The molecule has 0 spiro atoms. The summed E-state index contributed by atoms with van der Waals surface area (Å²) in [6.07, 6.45) is 0.944. The Kier molecular flexibility index (Phi) is 5.55. The van der Waals surface area contributed by atoms with E-state index in [4.69, 9.17) is 21.1 Å². The number of hydrogen-bond donors (Lipinski definition) is 0. The van der Waals surface area contributed by atoms with Crippen molar-refractivity contribution < 1.29 is 9.47 Å². The van der Waals surface area contributed by atoms with Crippen molar-refractivity contribution in [3.05, 3.63) is 46.5 Å². The van der Waals surface area contributed by atoms with Crippen LogP contribution in [0.1, 0.15) is 17.2 Å². The average molecular weight is 405 g/mol. The molecule has 0 N–H and O–H groups in total. The fourth-order valence-electron chi connectivity index (χ4n) is 3.93. The number of piperazine rings is 1. The first-order valence-corrected chi connectivity index (χ1v) is 10.4. The molecule has 2 aromatic carbocycles. The van der Waals surface area contributed by atoms with E-state index < -0.39 is 0 Å². The van der Waals surface area contributed by atoms with Gasteiger partial charge in [-0.05, 0) is 54.9 Å². The number of rotatable bonds is 3. The van der Waals surface area contributed by atoms with Gasteiger partial charge in [-0.15, -0.1) is 0 Å². The van der Waals surface area contributed by atoms with Crippen LogP contribution in [0.5, 0.6) is 11.5 Å². The van der Waals surface area contributed by atoms with Crippen molar-refractivity contribution in [3.63, 3.8) is 0 Å². The summed E-state index contributed by atoms with van der Waals surface area (Å²) in [7, 11) is 5.57. The van der Waals surface area contributed by atoms with Gasteiger partial charge in [0.25, 0.3) is 0 Å². The largest absolute Gasteiger partial charge is 0.493 e. The van der Waals surface area contributed by atoms with Crippen LogP contribution in [0.3, 0.4) is 0 Å². The molecule has 2 aliphatic rings. The van der Waals surface area contributed by atoms with E-state index in [0.717, 1.165) is 49.1 Å². The molecule has 0 radical (unpaired) electrons. The minimum Gasteiger partial charge on any atom is -0.493 e. The number of benzene rings is 2. The molecule has 0 aliphatic carbocycles. The second kappa shape index (κ2) is 7.92. The van der Waals surface area contributed by atoms with Gasteiger partial charge in [-0.2, -0.15) is 0 Å². The molecule has 0 saturated carbocycles. The van der Waals surface area contributed by atoms with E-state index in [-0.39, 0.29) is 0 Å². The number of ether oxygens (including phenoxy) is 2. The lowest BCUT2D eigenvalue weighted by Crippen LogP contribution is -2.46. The highest BCUT2D eigenvalue weighted by atomic mass is 35.5. The second-order valence-corrected chi connectivity index (χ2v) is 8.68. The molecule has 27 heavy (non-hydrogen) atoms. The highest BCUT2D eigenvalue weighted by Gasteiger charge is 2.30. The minimum absolute atomic E-state index is 0.319. The lowest BCUT2D eigenvalue weighted by atomic mass is 9.96. The van der Waals surface area contributed by atoms with Gasteiger partial charge >= 0.3 is 0 Å². The van der Waals surface area contributed by atoms with Crippen LogP contribution in [-0.2, 0) is 6.42 Å². The van der Waals surface area contributed by atoms with Crippen LogP contribution >= 0.6 is 23.4 Å². The Bertz CT molecular complexity index is 837. The summed E-state index contributed by atoms with van der Waals surface area (Å²) in [6.45, 7) is 4.33. The quantitative estimate of drug-likeness (QED) is 0.757. The smallest absolute Gasteiger partial charge is 0.161 e. The van der Waals surface area contributed by atoms with Gasteiger partial charge in [0.05, 0.1) is 14.2 Å². The Morgan fingerprint density at radius 3 is 2.37 bits per heavy atom. The topological polar surface area (TPSA) is 24.9 Å². The van der Waals surface area contributed by atoms with Crippen LogP contribution in [0.15, 0.2) is 40.1 Å². The summed E-state index contributed by atoms with van der Waals surface area (Å²) in [5.74, 6) is 1.57. The van der Waals surface area contributed by atoms with E-state index in [2.05, 4.69) is 41.1 Å². The van der Waals surface area contributed by atoms with Crippen LogP contribution in [0.2, 0.25) is 5.02 Å². The third kappa shape index (κ3) is 3.79. The lowest BCUT2D eigenvalue weighted by molar-refractivity contribution is 0.110. The van der Waals surface area contributed by atoms with E-state index in [9.17, 15) is 0 Å². The minimum atomic E-state index is 0.319. The molecular weight excluding hydrogens is 380 g/mol. The van der Waals surface area contributed by atoms with E-state index in [0.29, 0.717) is 6.04 Å². The molecule has 2 aliphatic heterocycles. The van der Waals surface area contributed by atoms with Gasteiger partial charge in [0.15, 0.2) is 11.5 Å². The second-order valence-electron chi connectivity index (χ2n) is 7.16. The summed E-state index contributed by atoms with van der Waals surface area (Å²) >= 11 is 8.19. The predicted molar refractivity (Wildman–Crippen MR) is 111 cm³/mol. The van der Waals surface area contributed by atoms with Crippen LogP contribution in [0.4, 0.5) is 0 Å². The SMILES string of the molecule is COc1cc2c(cc1OC)Sc1ccc(Cl)cc1C(N1CCN(C)CC1)C2. The van der Waals surface area contributed by atoms with Crippen LogP contribution in [0.25, 0.3) is 0 Å². The van der Waals surface area contributed by atoms with Crippen molar-refractivity contribution in [2.24, 2.45) is 0 Å². The summed E-state index contributed by atoms with van der Waals surface area (Å²) in [5.41, 5.74) is 2.63. The van der Waals surface area contributed by atoms with Crippen LogP contribution in [-0.4, -0.2) is 57.2 Å². The molecule has 0 aromatic heterocycles. The van der Waals surface area contributed by atoms with Crippen molar-refractivity contribution in [1.29, 1.82) is 0 Å². The van der Waals surface area contributed by atoms with Crippen molar-refractivity contribution in [2.75, 3.05) is 47.4 Å². The number of fused-ring (bicyclic) bond motifs is 2. The molecule has 1 atom stereocenters. The third-order valence-corrected chi connectivity index (χ3v) is 6.94. The Morgan fingerprint density at radius 2 is 1.67 bits per heavy atom. The average Bonchev–Trinajstić information content (AvgIpc) is 2.83. The molecule has 1 unspecified atom stereocenters. The standard InChI is InChI=1S/C21H25ClN2O2S/c1-23-6-8-24(9-7-23)17-10-14-11-18(25-2)19(26-3)13-21(14)27-20-5-4-15(22)12-16(17)20/h4-5,11-13,17H,6-10H2,1-3H3. The molecule has 4 nitrogen and oxygen atoms in total. The molecule has 1 fully saturated rings. The fraction of sp³-hybridized carbons (Fsp3) is 0.429. The maximum absolute atomic E-state index is 6.39. The van der Waals surface area contributed by atoms with Gasteiger partial charge in [-0.25, -0.2) is 0 Å². The highest BCUT2D eigenvalue weighted by molar-refractivity contribution is 7.99. The molecule has 0 bridgehead atoms. The number of halogens is 1. The van der Waals surface area contributed by atoms with Crippen molar-refractivity contribution in [2.45, 2.75) is 22.3 Å². The van der Waals surface area contributed by atoms with Gasteiger partial charge in [0, 0.05) is 47.0 Å². The number of methoxy groups -OCH3 is 2. The number of hydrogen-bond acceptors (Lipinski definition) is 5. The Morgan fingerprint density at radius 1 is 0.963 bits per heavy atom. The highest BCUT2D eigenvalue weighted by Crippen LogP contribution is 2.46. The molecule has 0 amide bonds. The number of likely N-dealkylation sites (N-methyl/N-ethyl adjacent to an activating group) is 1. The summed E-state index contributed by atoms with van der Waals surface area (Å²) in [4.78, 5) is 7.49. The third-order valence-electron chi connectivity index (χ3n) is 5.51. The van der Waals surface area contributed by atoms with E-state index in [1.54, 1.807) is 26.0 Å². The van der Waals surface area contributed by atoms with Crippen molar-refractivity contribution in [1.82, 2.24) is 9.80 Å². The van der Waals surface area contributed by atoms with Crippen molar-refractivity contribution >= 4 is 23.4 Å². The Labute approximate surface area is 170 Å². The predicted octanol–water partition coefficient (Wildman–Crippen LogP) is 4.35. The maximum atomic E-state index is 6.39. The monoisotopic (exact) mass is 404 g/mol. The molecule has 2 aromatic rings. The normalized spacial score (nSPS) is 20.5. The van der Waals surface area contributed by atoms with Gasteiger partial charge in [-0.3, -0.25) is 4.90 Å². The molecular formula is C21H25ClN2O2S. The van der Waals surface area contributed by atoms with E-state index in [1.165, 1.54) is 20.9 Å². The van der Waals surface area contributed by atoms with E-state index in [1.807, 2.05) is 6.07 Å². The summed E-state index contributed by atoms with van der Waals surface area (Å²) in [5, 5.41) is 0.801. The molecule has 4 rings (SSSR count). The van der Waals surface area contributed by atoms with Gasteiger partial charge < -0.3 is 14.4 Å². The Hall–Kier alpha value is -1.40. The zero-order chi connectivity index (χ0) is 19.0. The zero-order valence-electron chi connectivity index (χ0n) is 16.0. The molecule has 1 saturated heterocycles. The van der Waals surface area contributed by atoms with Gasteiger partial charge in [0.1, 0.15) is 0 Å². The Balaban J connectivity index is 1.78. The first-order valence-electron chi connectivity index (χ1n) is 9.24. The molecule has 2 heterocycles. The fourth-order valence-corrected chi connectivity index (χ4v) is 5.23. The zero-order valence-corrected chi connectivity index (χ0v) is 17.6. The maximum Gasteiger partial charge on any atom is 0.161 e. The lowest BCUT2D eigenvalue weighted by Gasteiger charge is -2.38. The van der Waals surface area contributed by atoms with Gasteiger partial charge in [-0.1, -0.05) is 23.4 Å². The van der Waals surface area contributed by atoms with Crippen LogP contribution < -0.4 is 9.47 Å². The first-order chi connectivity index (χ1) is 13.1. The molecule has 144 valence electrons. The van der Waals surface area contributed by atoms with Crippen molar-refractivity contribution in [3.8, 4) is 11.5 Å². The molecule has 6 heteroatoms. The summed E-state index contributed by atoms with van der Waals surface area (Å²) in [6, 6.07) is 10.8. The van der Waals surface area contributed by atoms with Gasteiger partial charge in [0.2, 0.25) is 0 Å². The van der Waals surface area contributed by atoms with E-state index >= 15 is 0 Å².